The van der Waals surface area contributed by atoms with Crippen molar-refractivity contribution < 1.29 is 0 Å². The van der Waals surface area contributed by atoms with Crippen LogP contribution >= 0.6 is 0 Å². The average molecular weight is 166 g/mol. The van der Waals surface area contributed by atoms with Gasteiger partial charge in [0.1, 0.15) is 0 Å². The molecule has 1 N–H and O–H groups in total. The maximum absolute atomic E-state index is 3.32. The SMILES string of the molecule is CC(C)C#CCN1CCNCC1. The number of nitrogens with one attached hydrogen (secondary N) is 1. The van der Waals surface area contributed by atoms with Crippen LogP contribution in [0.5, 0.6) is 0 Å². The van der Waals surface area contributed by atoms with Gasteiger partial charge in [0, 0.05) is 32.1 Å². The molecule has 0 spiro atoms. The lowest BCUT2D eigenvalue weighted by Crippen LogP contribution is -2.43. The van der Waals surface area contributed by atoms with Crippen LogP contribution in [0.15, 0.2) is 0 Å². The summed E-state index contributed by atoms with van der Waals surface area (Å²) in [5.74, 6) is 6.89. The minimum Gasteiger partial charge on any atom is -0.314 e. The van der Waals surface area contributed by atoms with E-state index >= 15 is 0 Å². The number of hydrogen-bond acceptors (Lipinski definition) is 2. The third kappa shape index (κ3) is 3.75. The molecule has 1 fully saturated rings. The van der Waals surface area contributed by atoms with Crippen LogP contribution in [-0.2, 0) is 0 Å². The first-order valence-electron chi connectivity index (χ1n) is 4.70. The minimum absolute atomic E-state index is 0.507. The van der Waals surface area contributed by atoms with Crippen molar-refractivity contribution >= 4 is 0 Å². The smallest absolute Gasteiger partial charge is 0.0602 e. The lowest BCUT2D eigenvalue weighted by atomic mass is 10.2. The second kappa shape index (κ2) is 5.18. The molecule has 2 heteroatoms. The van der Waals surface area contributed by atoms with Crippen molar-refractivity contribution in [3.8, 4) is 11.8 Å². The monoisotopic (exact) mass is 166 g/mol. The summed E-state index contributed by atoms with van der Waals surface area (Å²) in [6, 6.07) is 0. The fraction of sp³-hybridized carbons (Fsp3) is 0.800. The van der Waals surface area contributed by atoms with Crippen LogP contribution in [0, 0.1) is 17.8 Å². The van der Waals surface area contributed by atoms with Gasteiger partial charge in [-0.15, -0.1) is 0 Å². The van der Waals surface area contributed by atoms with Crippen LogP contribution < -0.4 is 5.32 Å². The molecule has 1 heterocycles. The zero-order chi connectivity index (χ0) is 8.81. The maximum atomic E-state index is 3.32. The Balaban J connectivity index is 2.18. The lowest BCUT2D eigenvalue weighted by Gasteiger charge is -2.24. The Bertz CT molecular complexity index is 170. The Kier molecular flexibility index (Phi) is 4.13. The summed E-state index contributed by atoms with van der Waals surface area (Å²) in [5.41, 5.74) is 0. The zero-order valence-corrected chi connectivity index (χ0v) is 8.06. The molecule has 0 aromatic carbocycles. The summed E-state index contributed by atoms with van der Waals surface area (Å²) in [5, 5.41) is 3.32. The standard InChI is InChI=1S/C10H18N2/c1-10(2)4-3-7-12-8-5-11-6-9-12/h10-11H,5-9H2,1-2H3. The normalized spacial score (nSPS) is 18.9. The molecule has 1 aliphatic heterocycles. The van der Waals surface area contributed by atoms with Gasteiger partial charge in [0.2, 0.25) is 0 Å². The number of hydrogen-bond donors (Lipinski definition) is 1. The van der Waals surface area contributed by atoms with Crippen LogP contribution in [0.25, 0.3) is 0 Å². The largest absolute Gasteiger partial charge is 0.314 e. The Hall–Kier alpha value is -0.520. The van der Waals surface area contributed by atoms with Gasteiger partial charge in [0.15, 0.2) is 0 Å². The predicted octanol–water partition coefficient (Wildman–Crippen LogP) is 0.551. The fourth-order valence-corrected chi connectivity index (χ4v) is 1.23. The molecular weight excluding hydrogens is 148 g/mol. The van der Waals surface area contributed by atoms with Gasteiger partial charge in [-0.3, -0.25) is 4.90 Å². The van der Waals surface area contributed by atoms with Crippen molar-refractivity contribution in [2.45, 2.75) is 13.8 Å². The van der Waals surface area contributed by atoms with Crippen LogP contribution in [0.1, 0.15) is 13.8 Å². The van der Waals surface area contributed by atoms with Crippen molar-refractivity contribution in [3.05, 3.63) is 0 Å². The van der Waals surface area contributed by atoms with Gasteiger partial charge in [-0.25, -0.2) is 0 Å². The van der Waals surface area contributed by atoms with Gasteiger partial charge >= 0.3 is 0 Å². The van der Waals surface area contributed by atoms with Crippen LogP contribution in [0.3, 0.4) is 0 Å². The second-order valence-corrected chi connectivity index (χ2v) is 3.50. The third-order valence-electron chi connectivity index (χ3n) is 1.90. The van der Waals surface area contributed by atoms with Crippen molar-refractivity contribution in [1.29, 1.82) is 0 Å². The van der Waals surface area contributed by atoms with Crippen molar-refractivity contribution in [1.82, 2.24) is 10.2 Å². The first kappa shape index (κ1) is 9.57. The van der Waals surface area contributed by atoms with Crippen LogP contribution in [0.4, 0.5) is 0 Å². The second-order valence-electron chi connectivity index (χ2n) is 3.50. The third-order valence-corrected chi connectivity index (χ3v) is 1.90. The quantitative estimate of drug-likeness (QED) is 0.572. The van der Waals surface area contributed by atoms with E-state index < -0.39 is 0 Å². The highest BCUT2D eigenvalue weighted by atomic mass is 15.2. The van der Waals surface area contributed by atoms with E-state index in [9.17, 15) is 0 Å². The van der Waals surface area contributed by atoms with Gasteiger partial charge in [-0.1, -0.05) is 25.7 Å². The molecular formula is C10H18N2. The summed E-state index contributed by atoms with van der Waals surface area (Å²) in [6.45, 7) is 9.72. The molecule has 0 radical (unpaired) electrons. The zero-order valence-electron chi connectivity index (χ0n) is 8.06. The van der Waals surface area contributed by atoms with Crippen molar-refractivity contribution in [2.75, 3.05) is 32.7 Å². The highest BCUT2D eigenvalue weighted by molar-refractivity contribution is 5.03. The Morgan fingerprint density at radius 2 is 2.00 bits per heavy atom. The predicted molar refractivity (Wildman–Crippen MR) is 51.9 cm³/mol. The van der Waals surface area contributed by atoms with E-state index in [2.05, 4.69) is 35.9 Å². The van der Waals surface area contributed by atoms with Gasteiger partial charge in [-0.05, 0) is 0 Å². The Morgan fingerprint density at radius 1 is 1.33 bits per heavy atom. The van der Waals surface area contributed by atoms with Crippen molar-refractivity contribution in [2.24, 2.45) is 5.92 Å². The highest BCUT2D eigenvalue weighted by Gasteiger charge is 2.06. The van der Waals surface area contributed by atoms with E-state index in [0.29, 0.717) is 5.92 Å². The summed E-state index contributed by atoms with van der Waals surface area (Å²) in [6.07, 6.45) is 0. The molecule has 1 rings (SSSR count). The van der Waals surface area contributed by atoms with Crippen LogP contribution in [-0.4, -0.2) is 37.6 Å². The fourth-order valence-electron chi connectivity index (χ4n) is 1.23. The first-order valence-corrected chi connectivity index (χ1v) is 4.70. The summed E-state index contributed by atoms with van der Waals surface area (Å²) in [7, 11) is 0. The molecule has 0 aromatic heterocycles. The number of nitrogens with zero attached hydrogens (tertiary/aromatic N) is 1. The molecule has 0 aromatic rings. The van der Waals surface area contributed by atoms with E-state index in [4.69, 9.17) is 0 Å². The topological polar surface area (TPSA) is 15.3 Å². The lowest BCUT2D eigenvalue weighted by molar-refractivity contribution is 0.268. The maximum Gasteiger partial charge on any atom is 0.0602 e. The molecule has 0 amide bonds. The molecule has 1 aliphatic rings. The van der Waals surface area contributed by atoms with Gasteiger partial charge in [0.05, 0.1) is 6.54 Å². The van der Waals surface area contributed by atoms with E-state index in [1.165, 1.54) is 0 Å². The van der Waals surface area contributed by atoms with E-state index in [1.807, 2.05) is 0 Å². The highest BCUT2D eigenvalue weighted by Crippen LogP contribution is 1.91. The molecule has 1 saturated heterocycles. The molecule has 12 heavy (non-hydrogen) atoms. The Morgan fingerprint density at radius 3 is 2.58 bits per heavy atom. The molecule has 2 nitrogen and oxygen atoms in total. The minimum atomic E-state index is 0.507. The van der Waals surface area contributed by atoms with E-state index in [1.54, 1.807) is 0 Å². The number of piperazine rings is 1. The number of rotatable bonds is 1. The average Bonchev–Trinajstić information content (AvgIpc) is 2.05. The molecule has 0 aliphatic carbocycles. The first-order chi connectivity index (χ1) is 5.79. The van der Waals surface area contributed by atoms with Gasteiger partial charge in [0.25, 0.3) is 0 Å². The molecule has 0 saturated carbocycles. The molecule has 68 valence electrons. The van der Waals surface area contributed by atoms with Crippen LogP contribution in [0.2, 0.25) is 0 Å². The van der Waals surface area contributed by atoms with Gasteiger partial charge < -0.3 is 5.32 Å². The van der Waals surface area contributed by atoms with E-state index in [0.717, 1.165) is 32.7 Å². The molecule has 0 unspecified atom stereocenters. The summed E-state index contributed by atoms with van der Waals surface area (Å²) in [4.78, 5) is 2.39. The summed E-state index contributed by atoms with van der Waals surface area (Å²) < 4.78 is 0. The summed E-state index contributed by atoms with van der Waals surface area (Å²) >= 11 is 0. The van der Waals surface area contributed by atoms with Gasteiger partial charge in [-0.2, -0.15) is 0 Å². The Labute approximate surface area is 75.3 Å². The van der Waals surface area contributed by atoms with Crippen molar-refractivity contribution in [3.63, 3.8) is 0 Å². The molecule has 0 bridgehead atoms. The van der Waals surface area contributed by atoms with E-state index in [-0.39, 0.29) is 0 Å². The molecule has 0 atom stereocenters.